The van der Waals surface area contributed by atoms with Gasteiger partial charge in [-0.2, -0.15) is 9.97 Å². The van der Waals surface area contributed by atoms with Crippen LogP contribution in [0, 0.1) is 0 Å². The Bertz CT molecular complexity index is 4550. The standard InChI is InChI=1S/C69H44N6/c1-4-22-45(23-5-1)48-28-20-30-50(42-48)67-70-68(51-31-21-29-49(43-51)46-24-6-2-7-25-46)72-69(71-67)75-61-40-18-13-35-55(61)57-44-63(73-59-38-16-11-33-53(59)54-34-12-17-39-60(54)73)64-56-36-14-19-41-62(56)74(66(64)65(57)75)58-37-15-10-32-52(58)47-26-8-3-9-27-47/h1-44H. The number of fused-ring (bicyclic) bond motifs is 10. The zero-order valence-corrected chi connectivity index (χ0v) is 40.6. The lowest BCUT2D eigenvalue weighted by Crippen LogP contribution is -2.08. The maximum absolute atomic E-state index is 5.60. The molecule has 0 aliphatic carbocycles. The molecule has 75 heavy (non-hydrogen) atoms. The van der Waals surface area contributed by atoms with Gasteiger partial charge in [-0.1, -0.05) is 218 Å². The molecule has 0 aliphatic rings. The van der Waals surface area contributed by atoms with Gasteiger partial charge in [0, 0.05) is 49.0 Å². The van der Waals surface area contributed by atoms with E-state index in [2.05, 4.69) is 281 Å². The highest BCUT2D eigenvalue weighted by Gasteiger charge is 2.28. The number of benzene rings is 11. The molecule has 0 unspecified atom stereocenters. The fraction of sp³-hybridized carbons (Fsp3) is 0. The van der Waals surface area contributed by atoms with Crippen LogP contribution >= 0.6 is 0 Å². The zero-order valence-electron chi connectivity index (χ0n) is 40.6. The Labute approximate surface area is 432 Å². The van der Waals surface area contributed by atoms with Crippen molar-refractivity contribution in [3.05, 3.63) is 267 Å². The molecule has 0 amide bonds. The summed E-state index contributed by atoms with van der Waals surface area (Å²) in [6.45, 7) is 0. The van der Waals surface area contributed by atoms with Gasteiger partial charge in [0.2, 0.25) is 5.95 Å². The van der Waals surface area contributed by atoms with Crippen LogP contribution < -0.4 is 0 Å². The van der Waals surface area contributed by atoms with Crippen molar-refractivity contribution in [2.24, 2.45) is 0 Å². The van der Waals surface area contributed by atoms with Gasteiger partial charge >= 0.3 is 0 Å². The normalized spacial score (nSPS) is 11.7. The van der Waals surface area contributed by atoms with E-state index in [0.29, 0.717) is 17.6 Å². The van der Waals surface area contributed by atoms with Crippen LogP contribution in [0.5, 0.6) is 0 Å². The van der Waals surface area contributed by atoms with Crippen LogP contribution in [0.1, 0.15) is 0 Å². The summed E-state index contributed by atoms with van der Waals surface area (Å²) in [7, 11) is 0. The number of hydrogen-bond acceptors (Lipinski definition) is 3. The molecule has 0 aliphatic heterocycles. The Kier molecular flexibility index (Phi) is 9.78. The topological polar surface area (TPSA) is 53.5 Å². The quantitative estimate of drug-likeness (QED) is 0.152. The molecule has 15 aromatic rings. The van der Waals surface area contributed by atoms with Crippen molar-refractivity contribution in [3.8, 4) is 73.5 Å². The van der Waals surface area contributed by atoms with Crippen molar-refractivity contribution >= 4 is 65.4 Å². The van der Waals surface area contributed by atoms with Gasteiger partial charge in [0.25, 0.3) is 0 Å². The van der Waals surface area contributed by atoms with Crippen molar-refractivity contribution in [2.45, 2.75) is 0 Å². The van der Waals surface area contributed by atoms with Crippen LogP contribution in [-0.2, 0) is 0 Å². The summed E-state index contributed by atoms with van der Waals surface area (Å²) < 4.78 is 7.29. The van der Waals surface area contributed by atoms with Crippen LogP contribution in [-0.4, -0.2) is 28.7 Å². The van der Waals surface area contributed by atoms with E-state index < -0.39 is 0 Å². The van der Waals surface area contributed by atoms with Crippen LogP contribution in [0.15, 0.2) is 267 Å². The molecule has 0 radical (unpaired) electrons. The highest BCUT2D eigenvalue weighted by molar-refractivity contribution is 6.27. The minimum absolute atomic E-state index is 0.524. The Morgan fingerprint density at radius 3 is 1.21 bits per heavy atom. The molecule has 0 saturated heterocycles. The van der Waals surface area contributed by atoms with Gasteiger partial charge in [-0.05, 0) is 76.3 Å². The number of nitrogens with zero attached hydrogens (tertiary/aromatic N) is 6. The van der Waals surface area contributed by atoms with E-state index in [1.807, 2.05) is 0 Å². The van der Waals surface area contributed by atoms with Gasteiger partial charge in [0.05, 0.1) is 44.5 Å². The van der Waals surface area contributed by atoms with Gasteiger partial charge in [-0.25, -0.2) is 4.98 Å². The first-order valence-electron chi connectivity index (χ1n) is 25.4. The van der Waals surface area contributed by atoms with Crippen molar-refractivity contribution < 1.29 is 0 Å². The molecule has 15 rings (SSSR count). The van der Waals surface area contributed by atoms with E-state index >= 15 is 0 Å². The first-order chi connectivity index (χ1) is 37.2. The predicted octanol–water partition coefficient (Wildman–Crippen LogP) is 17.5. The molecule has 0 saturated carbocycles. The molecular formula is C69H44N6. The van der Waals surface area contributed by atoms with Gasteiger partial charge in [-0.15, -0.1) is 0 Å². The molecule has 6 nitrogen and oxygen atoms in total. The summed E-state index contributed by atoms with van der Waals surface area (Å²) in [5, 5.41) is 6.84. The second-order valence-corrected chi connectivity index (χ2v) is 19.1. The van der Waals surface area contributed by atoms with Crippen molar-refractivity contribution in [3.63, 3.8) is 0 Å². The van der Waals surface area contributed by atoms with E-state index in [9.17, 15) is 0 Å². The summed E-state index contributed by atoms with van der Waals surface area (Å²) in [5.41, 5.74) is 17.0. The minimum atomic E-state index is 0.524. The largest absolute Gasteiger partial charge is 0.309 e. The number of rotatable bonds is 8. The Balaban J connectivity index is 1.12. The van der Waals surface area contributed by atoms with E-state index in [0.717, 1.165) is 111 Å². The van der Waals surface area contributed by atoms with Gasteiger partial charge in [0.1, 0.15) is 0 Å². The average molecular weight is 957 g/mol. The summed E-state index contributed by atoms with van der Waals surface area (Å²) >= 11 is 0. The highest BCUT2D eigenvalue weighted by Crippen LogP contribution is 2.47. The number of hydrogen-bond donors (Lipinski definition) is 0. The van der Waals surface area contributed by atoms with Gasteiger partial charge < -0.3 is 9.13 Å². The molecular weight excluding hydrogens is 913 g/mol. The Hall–Kier alpha value is -10.2. The SMILES string of the molecule is c1ccc(-c2cccc(-c3nc(-c4cccc(-c5ccccc5)c4)nc(-n4c5ccccc5c5cc(-n6c7ccccc7c7ccccc76)c6c7ccccc7n(-c7ccccc7-c7ccccc7)c6c54)n3)c2)cc1. The maximum atomic E-state index is 5.60. The molecule has 0 atom stereocenters. The average Bonchev–Trinajstić information content (AvgIpc) is 4.18. The van der Waals surface area contributed by atoms with Crippen LogP contribution in [0.3, 0.4) is 0 Å². The molecule has 6 heteroatoms. The third-order valence-corrected chi connectivity index (χ3v) is 14.9. The van der Waals surface area contributed by atoms with Crippen LogP contribution in [0.25, 0.3) is 139 Å². The molecule has 11 aromatic carbocycles. The van der Waals surface area contributed by atoms with Crippen molar-refractivity contribution in [1.82, 2.24) is 28.7 Å². The van der Waals surface area contributed by atoms with E-state index in [-0.39, 0.29) is 0 Å². The lowest BCUT2D eigenvalue weighted by molar-refractivity contribution is 0.953. The molecule has 0 bridgehead atoms. The molecule has 350 valence electrons. The van der Waals surface area contributed by atoms with E-state index in [4.69, 9.17) is 15.0 Å². The number of aromatic nitrogens is 6. The van der Waals surface area contributed by atoms with Gasteiger partial charge in [-0.3, -0.25) is 4.57 Å². The smallest absolute Gasteiger partial charge is 0.238 e. The fourth-order valence-corrected chi connectivity index (χ4v) is 11.6. The first-order valence-corrected chi connectivity index (χ1v) is 25.4. The summed E-state index contributed by atoms with van der Waals surface area (Å²) in [5.74, 6) is 1.68. The molecule has 0 spiro atoms. The fourth-order valence-electron chi connectivity index (χ4n) is 11.6. The number of para-hydroxylation sites is 5. The van der Waals surface area contributed by atoms with Crippen molar-refractivity contribution in [1.29, 1.82) is 0 Å². The lowest BCUT2D eigenvalue weighted by Gasteiger charge is -2.17. The summed E-state index contributed by atoms with van der Waals surface area (Å²) in [6, 6.07) is 95.2. The van der Waals surface area contributed by atoms with Crippen LogP contribution in [0.4, 0.5) is 0 Å². The third-order valence-electron chi connectivity index (χ3n) is 14.9. The zero-order chi connectivity index (χ0) is 49.4. The minimum Gasteiger partial charge on any atom is -0.309 e. The van der Waals surface area contributed by atoms with E-state index in [1.165, 1.54) is 10.8 Å². The second-order valence-electron chi connectivity index (χ2n) is 19.1. The Morgan fingerprint density at radius 1 is 0.240 bits per heavy atom. The van der Waals surface area contributed by atoms with E-state index in [1.54, 1.807) is 0 Å². The molecule has 4 heterocycles. The third kappa shape index (κ3) is 6.84. The first kappa shape index (κ1) is 42.5. The molecule has 4 aromatic heterocycles. The Morgan fingerprint density at radius 2 is 0.653 bits per heavy atom. The molecule has 0 N–H and O–H groups in total. The summed E-state index contributed by atoms with van der Waals surface area (Å²) in [6.07, 6.45) is 0. The molecule has 0 fully saturated rings. The van der Waals surface area contributed by atoms with Crippen molar-refractivity contribution in [2.75, 3.05) is 0 Å². The van der Waals surface area contributed by atoms with Gasteiger partial charge in [0.15, 0.2) is 11.6 Å². The lowest BCUT2D eigenvalue weighted by atomic mass is 10.0. The van der Waals surface area contributed by atoms with Crippen LogP contribution in [0.2, 0.25) is 0 Å². The second kappa shape index (κ2) is 17.3. The predicted molar refractivity (Wildman–Crippen MR) is 310 cm³/mol. The highest BCUT2D eigenvalue weighted by atomic mass is 15.2. The maximum Gasteiger partial charge on any atom is 0.238 e. The summed E-state index contributed by atoms with van der Waals surface area (Å²) in [4.78, 5) is 16.6. The monoisotopic (exact) mass is 956 g/mol.